The number of carbonyl (C=O) groups excluding carboxylic acids is 2. The first-order valence-electron chi connectivity index (χ1n) is 10.0. The van der Waals surface area contributed by atoms with Crippen LogP contribution in [0.25, 0.3) is 0 Å². The van der Waals surface area contributed by atoms with Crippen LogP contribution in [0.2, 0.25) is 0 Å². The van der Waals surface area contributed by atoms with E-state index in [1.54, 1.807) is 6.07 Å². The fourth-order valence-corrected chi connectivity index (χ4v) is 5.70. The van der Waals surface area contributed by atoms with E-state index in [9.17, 15) is 18.0 Å². The van der Waals surface area contributed by atoms with Crippen LogP contribution in [-0.4, -0.2) is 26.3 Å². The summed E-state index contributed by atoms with van der Waals surface area (Å²) < 4.78 is 27.3. The van der Waals surface area contributed by atoms with Crippen molar-refractivity contribution >= 4 is 33.2 Å². The van der Waals surface area contributed by atoms with E-state index in [0.29, 0.717) is 16.4 Å². The van der Waals surface area contributed by atoms with Crippen LogP contribution in [0.4, 0.5) is 0 Å². The van der Waals surface area contributed by atoms with Gasteiger partial charge in [0.05, 0.1) is 9.77 Å². The lowest BCUT2D eigenvalue weighted by atomic mass is 9.88. The van der Waals surface area contributed by atoms with Crippen LogP contribution in [0.1, 0.15) is 75.8 Å². The number of sulfonamides is 1. The lowest BCUT2D eigenvalue weighted by Crippen LogP contribution is -2.30. The zero-order valence-corrected chi connectivity index (χ0v) is 17.7. The van der Waals surface area contributed by atoms with Gasteiger partial charge in [-0.1, -0.05) is 19.3 Å². The van der Waals surface area contributed by atoms with Crippen LogP contribution in [-0.2, 0) is 10.0 Å². The van der Waals surface area contributed by atoms with Crippen LogP contribution >= 0.6 is 11.3 Å². The Morgan fingerprint density at radius 2 is 1.55 bits per heavy atom. The van der Waals surface area contributed by atoms with E-state index < -0.39 is 15.9 Å². The maximum absolute atomic E-state index is 12.6. The number of benzene rings is 1. The second-order valence-electron chi connectivity index (χ2n) is 7.74. The minimum Gasteiger partial charge on any atom is -0.349 e. The maximum atomic E-state index is 12.6. The predicted octanol–water partition coefficient (Wildman–Crippen LogP) is 3.81. The van der Waals surface area contributed by atoms with Crippen molar-refractivity contribution in [3.8, 4) is 0 Å². The highest BCUT2D eigenvalue weighted by Crippen LogP contribution is 2.36. The van der Waals surface area contributed by atoms with Crippen LogP contribution in [0, 0.1) is 0 Å². The van der Waals surface area contributed by atoms with Gasteiger partial charge in [0.15, 0.2) is 0 Å². The van der Waals surface area contributed by atoms with Crippen molar-refractivity contribution in [3.63, 3.8) is 0 Å². The van der Waals surface area contributed by atoms with E-state index in [2.05, 4.69) is 10.0 Å². The molecule has 1 aromatic carbocycles. The van der Waals surface area contributed by atoms with Gasteiger partial charge in [-0.05, 0) is 68.0 Å². The standard InChI is InChI=1S/C21H24N2O4S2/c24-20(22-16-8-9-16)15-6-10-17(11-7-15)29(26,27)23-21(25)19-13-12-18(28-19)14-4-2-1-3-5-14/h6-7,10-14,16H,1-5,8-9H2,(H,22,24)(H,23,25). The number of nitrogens with one attached hydrogen (secondary N) is 2. The zero-order chi connectivity index (χ0) is 20.4. The highest BCUT2D eigenvalue weighted by atomic mass is 32.2. The summed E-state index contributed by atoms with van der Waals surface area (Å²) in [4.78, 5) is 26.0. The summed E-state index contributed by atoms with van der Waals surface area (Å²) in [5.41, 5.74) is 0.401. The van der Waals surface area contributed by atoms with E-state index >= 15 is 0 Å². The normalized spacial score (nSPS) is 17.7. The fourth-order valence-electron chi connectivity index (χ4n) is 3.59. The van der Waals surface area contributed by atoms with Gasteiger partial charge in [0.25, 0.3) is 21.8 Å². The average molecular weight is 433 g/mol. The molecule has 8 heteroatoms. The van der Waals surface area contributed by atoms with Crippen molar-refractivity contribution in [2.24, 2.45) is 0 Å². The summed E-state index contributed by atoms with van der Waals surface area (Å²) in [6.07, 6.45) is 7.88. The minimum absolute atomic E-state index is 0.0436. The Morgan fingerprint density at radius 3 is 2.21 bits per heavy atom. The molecular weight excluding hydrogens is 408 g/mol. The van der Waals surface area contributed by atoms with Crippen molar-refractivity contribution in [3.05, 3.63) is 51.7 Å². The molecule has 2 aromatic rings. The molecule has 0 atom stereocenters. The van der Waals surface area contributed by atoms with Gasteiger partial charge in [0.2, 0.25) is 0 Å². The summed E-state index contributed by atoms with van der Waals surface area (Å²) >= 11 is 1.37. The van der Waals surface area contributed by atoms with Crippen LogP contribution in [0.3, 0.4) is 0 Å². The fraction of sp³-hybridized carbons (Fsp3) is 0.429. The maximum Gasteiger partial charge on any atom is 0.275 e. The smallest absolute Gasteiger partial charge is 0.275 e. The number of carbonyl (C=O) groups is 2. The summed E-state index contributed by atoms with van der Waals surface area (Å²) in [7, 11) is -4.00. The summed E-state index contributed by atoms with van der Waals surface area (Å²) in [6, 6.07) is 9.49. The molecule has 6 nitrogen and oxygen atoms in total. The van der Waals surface area contributed by atoms with Crippen molar-refractivity contribution in [2.75, 3.05) is 0 Å². The predicted molar refractivity (Wildman–Crippen MR) is 112 cm³/mol. The van der Waals surface area contributed by atoms with E-state index in [-0.39, 0.29) is 16.8 Å². The van der Waals surface area contributed by atoms with Crippen molar-refractivity contribution in [1.82, 2.24) is 10.0 Å². The molecule has 2 amide bonds. The molecule has 0 unspecified atom stereocenters. The Kier molecular flexibility index (Phi) is 5.74. The third-order valence-electron chi connectivity index (χ3n) is 5.42. The topological polar surface area (TPSA) is 92.3 Å². The van der Waals surface area contributed by atoms with E-state index in [1.165, 1.54) is 54.9 Å². The molecule has 0 radical (unpaired) electrons. The van der Waals surface area contributed by atoms with Crippen molar-refractivity contribution < 1.29 is 18.0 Å². The molecular formula is C21H24N2O4S2. The molecule has 4 rings (SSSR count). The highest BCUT2D eigenvalue weighted by Gasteiger charge is 2.25. The SMILES string of the molecule is O=C(NC1CC1)c1ccc(S(=O)(=O)NC(=O)c2ccc(C3CCCCC3)s2)cc1. The summed E-state index contributed by atoms with van der Waals surface area (Å²) in [5.74, 6) is -0.358. The third-order valence-corrected chi connectivity index (χ3v) is 8.02. The molecule has 29 heavy (non-hydrogen) atoms. The number of amides is 2. The van der Waals surface area contributed by atoms with Gasteiger partial charge in [0.1, 0.15) is 0 Å². The number of hydrogen-bond acceptors (Lipinski definition) is 5. The number of rotatable bonds is 6. The van der Waals surface area contributed by atoms with E-state index in [4.69, 9.17) is 0 Å². The van der Waals surface area contributed by atoms with E-state index in [0.717, 1.165) is 30.6 Å². The van der Waals surface area contributed by atoms with Gasteiger partial charge in [-0.25, -0.2) is 13.1 Å². The van der Waals surface area contributed by atoms with Crippen LogP contribution in [0.5, 0.6) is 0 Å². The second-order valence-corrected chi connectivity index (χ2v) is 10.5. The largest absolute Gasteiger partial charge is 0.349 e. The molecule has 154 valence electrons. The molecule has 2 aliphatic rings. The first-order chi connectivity index (χ1) is 13.9. The van der Waals surface area contributed by atoms with Crippen molar-refractivity contribution in [2.45, 2.75) is 61.8 Å². The highest BCUT2D eigenvalue weighted by molar-refractivity contribution is 7.90. The van der Waals surface area contributed by atoms with E-state index in [1.807, 2.05) is 6.07 Å². The van der Waals surface area contributed by atoms with Gasteiger partial charge < -0.3 is 5.32 Å². The van der Waals surface area contributed by atoms with Gasteiger partial charge in [-0.3, -0.25) is 9.59 Å². The summed E-state index contributed by atoms with van der Waals surface area (Å²) in [6.45, 7) is 0. The molecule has 0 bridgehead atoms. The van der Waals surface area contributed by atoms with Gasteiger partial charge >= 0.3 is 0 Å². The third kappa shape index (κ3) is 4.87. The Balaban J connectivity index is 1.41. The summed E-state index contributed by atoms with van der Waals surface area (Å²) in [5, 5.41) is 2.85. The number of hydrogen-bond donors (Lipinski definition) is 2. The monoisotopic (exact) mass is 432 g/mol. The first kappa shape index (κ1) is 20.1. The molecule has 0 saturated heterocycles. The molecule has 2 saturated carbocycles. The quantitative estimate of drug-likeness (QED) is 0.726. The Labute approximate surface area is 174 Å². The second kappa shape index (κ2) is 8.28. The van der Waals surface area contributed by atoms with Gasteiger partial charge in [-0.2, -0.15) is 0 Å². The zero-order valence-electron chi connectivity index (χ0n) is 16.0. The molecule has 1 aromatic heterocycles. The molecule has 1 heterocycles. The number of thiophene rings is 1. The Hall–Kier alpha value is -2.19. The Morgan fingerprint density at radius 1 is 0.862 bits per heavy atom. The van der Waals surface area contributed by atoms with Gasteiger partial charge in [0, 0.05) is 16.5 Å². The molecule has 0 aliphatic heterocycles. The van der Waals surface area contributed by atoms with Crippen molar-refractivity contribution in [1.29, 1.82) is 0 Å². The van der Waals surface area contributed by atoms with Gasteiger partial charge in [-0.15, -0.1) is 11.3 Å². The lowest BCUT2D eigenvalue weighted by Gasteiger charge is -2.19. The minimum atomic E-state index is -4.00. The molecule has 0 spiro atoms. The first-order valence-corrected chi connectivity index (χ1v) is 12.3. The molecule has 2 fully saturated rings. The Bertz CT molecular complexity index is 1000. The van der Waals surface area contributed by atoms with Crippen LogP contribution < -0.4 is 10.0 Å². The van der Waals surface area contributed by atoms with Crippen LogP contribution in [0.15, 0.2) is 41.3 Å². The lowest BCUT2D eigenvalue weighted by molar-refractivity contribution is 0.0948. The average Bonchev–Trinajstić information content (AvgIpc) is 3.39. The molecule has 2 N–H and O–H groups in total. The molecule has 2 aliphatic carbocycles.